The molecule has 1 heterocycles. The fourth-order valence-electron chi connectivity index (χ4n) is 0.962. The number of aliphatic imine (C=N–C) groups is 1. The van der Waals surface area contributed by atoms with E-state index in [9.17, 15) is 18.0 Å². The molecule has 72 valence electrons. The van der Waals surface area contributed by atoms with Gasteiger partial charge in [0.05, 0.1) is 6.54 Å². The van der Waals surface area contributed by atoms with E-state index >= 15 is 0 Å². The molecule has 0 saturated carbocycles. The zero-order valence-electron chi connectivity index (χ0n) is 6.38. The molecule has 1 rings (SSSR count). The third kappa shape index (κ3) is 1.43. The third-order valence-electron chi connectivity index (χ3n) is 1.80. The number of alkyl halides is 3. The summed E-state index contributed by atoms with van der Waals surface area (Å²) in [4.78, 5) is 13.8. The van der Waals surface area contributed by atoms with Crippen molar-refractivity contribution < 1.29 is 23.1 Å². The molecule has 1 aliphatic rings. The van der Waals surface area contributed by atoms with Gasteiger partial charge in [-0.3, -0.25) is 9.79 Å². The molecule has 1 N–H and O–H groups in total. The van der Waals surface area contributed by atoms with Gasteiger partial charge in [-0.1, -0.05) is 6.08 Å². The predicted molar refractivity (Wildman–Crippen MR) is 38.6 cm³/mol. The van der Waals surface area contributed by atoms with Crippen LogP contribution >= 0.6 is 0 Å². The van der Waals surface area contributed by atoms with Gasteiger partial charge in [-0.15, -0.1) is 0 Å². The summed E-state index contributed by atoms with van der Waals surface area (Å²) in [5.41, 5.74) is -2.85. The summed E-state index contributed by atoms with van der Waals surface area (Å²) >= 11 is 0. The van der Waals surface area contributed by atoms with Crippen LogP contribution in [0.2, 0.25) is 0 Å². The van der Waals surface area contributed by atoms with Gasteiger partial charge in [-0.25, -0.2) is 0 Å². The Bertz CT molecular complexity index is 282. The summed E-state index contributed by atoms with van der Waals surface area (Å²) in [5, 5.41) is 8.48. The molecule has 3 nitrogen and oxygen atoms in total. The quantitative estimate of drug-likeness (QED) is 0.681. The van der Waals surface area contributed by atoms with Crippen LogP contribution in [-0.2, 0) is 4.79 Å². The highest BCUT2D eigenvalue weighted by molar-refractivity contribution is 5.83. The van der Waals surface area contributed by atoms with Gasteiger partial charge in [0, 0.05) is 6.21 Å². The van der Waals surface area contributed by atoms with Gasteiger partial charge in [-0.2, -0.15) is 13.2 Å². The van der Waals surface area contributed by atoms with E-state index < -0.39 is 24.1 Å². The Balaban J connectivity index is 3.10. The number of carbonyl (C=O) groups is 1. The molecule has 0 saturated heterocycles. The van der Waals surface area contributed by atoms with E-state index in [0.29, 0.717) is 6.08 Å². The minimum absolute atomic E-state index is 0.613. The Morgan fingerprint density at radius 2 is 2.15 bits per heavy atom. The molecule has 0 amide bonds. The van der Waals surface area contributed by atoms with Crippen LogP contribution in [0.5, 0.6) is 0 Å². The second-order valence-electron chi connectivity index (χ2n) is 2.62. The SMILES string of the molecule is O=C(O)C1(C(F)(F)F)C=CC=NC1. The van der Waals surface area contributed by atoms with Crippen molar-refractivity contribution in [1.82, 2.24) is 0 Å². The molecular formula is C7H6F3NO2. The zero-order valence-corrected chi connectivity index (χ0v) is 6.38. The number of carboxylic acids is 1. The Labute approximate surface area is 71.6 Å². The molecule has 1 aliphatic heterocycles. The van der Waals surface area contributed by atoms with Crippen LogP contribution in [0.15, 0.2) is 17.1 Å². The zero-order chi connectivity index (χ0) is 10.1. The number of halogens is 3. The summed E-state index contributed by atoms with van der Waals surface area (Å²) in [6.45, 7) is -0.789. The van der Waals surface area contributed by atoms with Crippen LogP contribution < -0.4 is 0 Å². The molecule has 0 spiro atoms. The van der Waals surface area contributed by atoms with Crippen molar-refractivity contribution in [2.24, 2.45) is 10.4 Å². The molecule has 0 aromatic heterocycles. The lowest BCUT2D eigenvalue weighted by Gasteiger charge is -2.27. The fourth-order valence-corrected chi connectivity index (χ4v) is 0.962. The average molecular weight is 193 g/mol. The lowest BCUT2D eigenvalue weighted by Crippen LogP contribution is -2.46. The Kier molecular flexibility index (Phi) is 2.15. The fraction of sp³-hybridized carbons (Fsp3) is 0.429. The topological polar surface area (TPSA) is 49.7 Å². The van der Waals surface area contributed by atoms with Gasteiger partial charge in [-0.05, 0) is 6.08 Å². The van der Waals surface area contributed by atoms with Gasteiger partial charge in [0.2, 0.25) is 5.41 Å². The van der Waals surface area contributed by atoms with Crippen LogP contribution in [0.1, 0.15) is 0 Å². The van der Waals surface area contributed by atoms with E-state index in [0.717, 1.165) is 12.3 Å². The molecule has 0 aliphatic carbocycles. The van der Waals surface area contributed by atoms with E-state index in [-0.39, 0.29) is 0 Å². The number of hydrogen-bond acceptors (Lipinski definition) is 2. The first-order valence-electron chi connectivity index (χ1n) is 3.38. The highest BCUT2D eigenvalue weighted by Gasteiger charge is 2.59. The lowest BCUT2D eigenvalue weighted by molar-refractivity contribution is -0.214. The number of allylic oxidation sites excluding steroid dienone is 1. The van der Waals surface area contributed by atoms with Crippen molar-refractivity contribution in [3.05, 3.63) is 12.2 Å². The molecule has 0 radical (unpaired) electrons. The maximum absolute atomic E-state index is 12.3. The van der Waals surface area contributed by atoms with E-state index in [1.54, 1.807) is 0 Å². The van der Waals surface area contributed by atoms with Gasteiger partial charge >= 0.3 is 12.1 Å². The van der Waals surface area contributed by atoms with Crippen molar-refractivity contribution in [2.75, 3.05) is 6.54 Å². The maximum atomic E-state index is 12.3. The second-order valence-corrected chi connectivity index (χ2v) is 2.62. The standard InChI is InChI=1S/C7H6F3NO2/c8-7(9,10)6(5(12)13)2-1-3-11-4-6/h1-3H,4H2,(H,12,13). The van der Waals surface area contributed by atoms with Crippen molar-refractivity contribution in [2.45, 2.75) is 6.18 Å². The number of nitrogens with zero attached hydrogens (tertiary/aromatic N) is 1. The normalized spacial score (nSPS) is 27.6. The summed E-state index contributed by atoms with van der Waals surface area (Å²) in [7, 11) is 0. The number of hydrogen-bond donors (Lipinski definition) is 1. The van der Waals surface area contributed by atoms with E-state index in [4.69, 9.17) is 5.11 Å². The highest BCUT2D eigenvalue weighted by atomic mass is 19.4. The summed E-state index contributed by atoms with van der Waals surface area (Å²) in [6, 6.07) is 0. The molecule has 0 aromatic rings. The van der Waals surface area contributed by atoms with Gasteiger partial charge in [0.1, 0.15) is 0 Å². The lowest BCUT2D eigenvalue weighted by atomic mass is 9.86. The number of dihydropyridines is 1. The number of carboxylic acid groups (broad SMARTS) is 1. The van der Waals surface area contributed by atoms with E-state index in [1.807, 2.05) is 0 Å². The molecule has 0 aromatic carbocycles. The summed E-state index contributed by atoms with van der Waals surface area (Å²) in [5.74, 6) is -1.92. The number of rotatable bonds is 1. The Hall–Kier alpha value is -1.33. The minimum atomic E-state index is -4.81. The van der Waals surface area contributed by atoms with Gasteiger partial charge < -0.3 is 5.11 Å². The van der Waals surface area contributed by atoms with Crippen LogP contribution in [0.3, 0.4) is 0 Å². The molecule has 0 fully saturated rings. The molecule has 6 heteroatoms. The summed E-state index contributed by atoms with van der Waals surface area (Å²) in [6.07, 6.45) is -2.06. The monoisotopic (exact) mass is 193 g/mol. The van der Waals surface area contributed by atoms with Crippen molar-refractivity contribution in [3.8, 4) is 0 Å². The van der Waals surface area contributed by atoms with E-state index in [1.165, 1.54) is 0 Å². The van der Waals surface area contributed by atoms with Gasteiger partial charge in [0.25, 0.3) is 0 Å². The van der Waals surface area contributed by atoms with Crippen molar-refractivity contribution in [3.63, 3.8) is 0 Å². The molecule has 0 bridgehead atoms. The van der Waals surface area contributed by atoms with Crippen LogP contribution in [0, 0.1) is 5.41 Å². The van der Waals surface area contributed by atoms with Crippen LogP contribution in [-0.4, -0.2) is 30.0 Å². The highest BCUT2D eigenvalue weighted by Crippen LogP contribution is 2.41. The Morgan fingerprint density at radius 3 is 2.38 bits per heavy atom. The average Bonchev–Trinajstić information content (AvgIpc) is 2.03. The first-order valence-corrected chi connectivity index (χ1v) is 3.38. The largest absolute Gasteiger partial charge is 0.480 e. The number of aliphatic carboxylic acids is 1. The van der Waals surface area contributed by atoms with Crippen molar-refractivity contribution >= 4 is 12.2 Å². The maximum Gasteiger partial charge on any atom is 0.410 e. The first kappa shape index (κ1) is 9.76. The predicted octanol–water partition coefficient (Wildman–Crippen LogP) is 1.26. The molecular weight excluding hydrogens is 187 g/mol. The summed E-state index contributed by atoms with van der Waals surface area (Å²) < 4.78 is 37.0. The van der Waals surface area contributed by atoms with Crippen molar-refractivity contribution in [1.29, 1.82) is 0 Å². The minimum Gasteiger partial charge on any atom is -0.480 e. The first-order chi connectivity index (χ1) is 5.90. The van der Waals surface area contributed by atoms with Crippen LogP contribution in [0.25, 0.3) is 0 Å². The van der Waals surface area contributed by atoms with Crippen LogP contribution in [0.4, 0.5) is 13.2 Å². The van der Waals surface area contributed by atoms with E-state index in [2.05, 4.69) is 4.99 Å². The second kappa shape index (κ2) is 2.86. The third-order valence-corrected chi connectivity index (χ3v) is 1.80. The van der Waals surface area contributed by atoms with Gasteiger partial charge in [0.15, 0.2) is 0 Å². The Morgan fingerprint density at radius 1 is 1.54 bits per heavy atom. The molecule has 1 atom stereocenters. The molecule has 1 unspecified atom stereocenters. The smallest absolute Gasteiger partial charge is 0.410 e. The molecule has 13 heavy (non-hydrogen) atoms.